The molecule has 1 saturated heterocycles. The van der Waals surface area contributed by atoms with Crippen molar-refractivity contribution in [2.75, 3.05) is 31.1 Å². The van der Waals surface area contributed by atoms with Crippen LogP contribution in [-0.4, -0.2) is 45.8 Å². The third kappa shape index (κ3) is 4.34. The van der Waals surface area contributed by atoms with Crippen LogP contribution in [0.3, 0.4) is 0 Å². The molecular weight excluding hydrogens is 377 g/mol. The van der Waals surface area contributed by atoms with E-state index in [0.717, 1.165) is 55.4 Å². The highest BCUT2D eigenvalue weighted by atomic mass is 35.5. The maximum atomic E-state index is 13.3. The van der Waals surface area contributed by atoms with Gasteiger partial charge in [0, 0.05) is 63.3 Å². The highest BCUT2D eigenvalue weighted by Gasteiger charge is 2.21. The van der Waals surface area contributed by atoms with Gasteiger partial charge in [-0.2, -0.15) is 5.10 Å². The summed E-state index contributed by atoms with van der Waals surface area (Å²) in [6.45, 7) is 6.87. The summed E-state index contributed by atoms with van der Waals surface area (Å²) >= 11 is 0. The average Bonchev–Trinajstić information content (AvgIpc) is 3.00. The molecule has 1 fully saturated rings. The molecule has 0 N–H and O–H groups in total. The Morgan fingerprint density at radius 1 is 1.04 bits per heavy atom. The number of aromatic nitrogens is 3. The molecule has 2 aromatic heterocycles. The first kappa shape index (κ1) is 20.3. The maximum Gasteiger partial charge on any atom is 0.123 e. The van der Waals surface area contributed by atoms with Gasteiger partial charge in [-0.05, 0) is 43.3 Å². The first-order valence-corrected chi connectivity index (χ1v) is 9.27. The van der Waals surface area contributed by atoms with E-state index in [4.69, 9.17) is 0 Å². The van der Waals surface area contributed by atoms with Crippen molar-refractivity contribution >= 4 is 18.1 Å². The van der Waals surface area contributed by atoms with Gasteiger partial charge in [0.2, 0.25) is 0 Å². The topological polar surface area (TPSA) is 37.2 Å². The maximum absolute atomic E-state index is 13.3. The van der Waals surface area contributed by atoms with Gasteiger partial charge in [-0.25, -0.2) is 4.39 Å². The van der Waals surface area contributed by atoms with Gasteiger partial charge in [-0.1, -0.05) is 0 Å². The zero-order valence-electron chi connectivity index (χ0n) is 16.2. The van der Waals surface area contributed by atoms with Crippen molar-refractivity contribution in [2.45, 2.75) is 13.5 Å². The summed E-state index contributed by atoms with van der Waals surface area (Å²) < 4.78 is 15.1. The molecule has 3 aromatic rings. The average molecular weight is 402 g/mol. The number of rotatable bonds is 4. The predicted molar refractivity (Wildman–Crippen MR) is 112 cm³/mol. The molecule has 1 aromatic carbocycles. The number of halogens is 2. The molecule has 0 unspecified atom stereocenters. The molecule has 148 valence electrons. The second kappa shape index (κ2) is 8.71. The van der Waals surface area contributed by atoms with E-state index in [2.05, 4.69) is 39.1 Å². The summed E-state index contributed by atoms with van der Waals surface area (Å²) in [4.78, 5) is 9.41. The summed E-state index contributed by atoms with van der Waals surface area (Å²) in [5, 5.41) is 4.44. The van der Waals surface area contributed by atoms with E-state index in [1.165, 1.54) is 17.7 Å². The second-order valence-electron chi connectivity index (χ2n) is 7.05. The molecule has 1 aliphatic rings. The minimum Gasteiger partial charge on any atom is -0.367 e. The van der Waals surface area contributed by atoms with Gasteiger partial charge >= 0.3 is 0 Å². The summed E-state index contributed by atoms with van der Waals surface area (Å²) in [6, 6.07) is 10.6. The lowest BCUT2D eigenvalue weighted by molar-refractivity contribution is 0.249. The third-order valence-corrected chi connectivity index (χ3v) is 5.13. The van der Waals surface area contributed by atoms with Crippen molar-refractivity contribution in [2.24, 2.45) is 7.05 Å². The highest BCUT2D eigenvalue weighted by Crippen LogP contribution is 2.29. The van der Waals surface area contributed by atoms with Crippen LogP contribution in [0.2, 0.25) is 0 Å². The highest BCUT2D eigenvalue weighted by molar-refractivity contribution is 5.85. The molecule has 5 nitrogen and oxygen atoms in total. The quantitative estimate of drug-likeness (QED) is 0.668. The van der Waals surface area contributed by atoms with E-state index >= 15 is 0 Å². The van der Waals surface area contributed by atoms with Crippen molar-refractivity contribution in [3.63, 3.8) is 0 Å². The summed E-state index contributed by atoms with van der Waals surface area (Å²) in [6.07, 6.45) is 3.90. The van der Waals surface area contributed by atoms with Crippen molar-refractivity contribution in [1.82, 2.24) is 19.7 Å². The van der Waals surface area contributed by atoms with Gasteiger partial charge in [-0.3, -0.25) is 14.6 Å². The summed E-state index contributed by atoms with van der Waals surface area (Å²) in [5.41, 5.74) is 5.36. The molecular formula is C21H25ClFN5. The fourth-order valence-electron chi connectivity index (χ4n) is 3.67. The predicted octanol–water partition coefficient (Wildman–Crippen LogP) is 3.67. The van der Waals surface area contributed by atoms with Crippen LogP contribution in [0, 0.1) is 12.7 Å². The van der Waals surface area contributed by atoms with Gasteiger partial charge in [0.15, 0.2) is 0 Å². The number of piperazine rings is 1. The molecule has 0 aliphatic carbocycles. The molecule has 0 bridgehead atoms. The van der Waals surface area contributed by atoms with E-state index < -0.39 is 0 Å². The van der Waals surface area contributed by atoms with E-state index in [1.54, 1.807) is 18.3 Å². The number of benzene rings is 1. The fraction of sp³-hybridized carbons (Fsp3) is 0.333. The lowest BCUT2D eigenvalue weighted by Crippen LogP contribution is -2.46. The summed E-state index contributed by atoms with van der Waals surface area (Å²) in [5.74, 6) is -0.226. The van der Waals surface area contributed by atoms with E-state index in [0.29, 0.717) is 0 Å². The van der Waals surface area contributed by atoms with Crippen LogP contribution in [0.15, 0.2) is 48.8 Å². The Labute approximate surface area is 171 Å². The Balaban J connectivity index is 0.00000225. The number of hydrogen-bond donors (Lipinski definition) is 0. The first-order chi connectivity index (χ1) is 13.1. The van der Waals surface area contributed by atoms with Crippen molar-refractivity contribution < 1.29 is 4.39 Å². The molecule has 7 heteroatoms. The monoisotopic (exact) mass is 401 g/mol. The van der Waals surface area contributed by atoms with Gasteiger partial charge < -0.3 is 4.90 Å². The van der Waals surface area contributed by atoms with Crippen LogP contribution in [0.5, 0.6) is 0 Å². The second-order valence-corrected chi connectivity index (χ2v) is 7.05. The molecule has 0 atom stereocenters. The summed E-state index contributed by atoms with van der Waals surface area (Å²) in [7, 11) is 1.97. The Bertz CT molecular complexity index is 917. The fourth-order valence-corrected chi connectivity index (χ4v) is 3.67. The molecule has 0 saturated carbocycles. The molecule has 0 amide bonds. The van der Waals surface area contributed by atoms with Crippen molar-refractivity contribution in [3.05, 3.63) is 65.9 Å². The third-order valence-electron chi connectivity index (χ3n) is 5.13. The number of nitrogens with zero attached hydrogens (tertiary/aromatic N) is 5. The lowest BCUT2D eigenvalue weighted by atomic mass is 10.1. The minimum absolute atomic E-state index is 0. The standard InChI is InChI=1S/C21H24FN5.ClH/c1-16-18(14-25(2)24-16)15-26-10-12-27(13-11-26)20-4-3-9-23-21(20)17-5-7-19(22)8-6-17;/h3-9,14H,10-13,15H2,1-2H3;1H. The Morgan fingerprint density at radius 3 is 2.39 bits per heavy atom. The first-order valence-electron chi connectivity index (χ1n) is 9.27. The van der Waals surface area contributed by atoms with Crippen LogP contribution in [0.4, 0.5) is 10.1 Å². The number of hydrogen-bond acceptors (Lipinski definition) is 4. The SMILES string of the molecule is Cc1nn(C)cc1CN1CCN(c2cccnc2-c2ccc(F)cc2)CC1.Cl. The van der Waals surface area contributed by atoms with Gasteiger partial charge in [0.05, 0.1) is 17.1 Å². The van der Waals surface area contributed by atoms with Gasteiger partial charge in [0.1, 0.15) is 5.82 Å². The number of anilines is 1. The molecule has 0 radical (unpaired) electrons. The van der Waals surface area contributed by atoms with E-state index in [-0.39, 0.29) is 18.2 Å². The van der Waals surface area contributed by atoms with Crippen LogP contribution >= 0.6 is 12.4 Å². The largest absolute Gasteiger partial charge is 0.367 e. The minimum atomic E-state index is -0.226. The Morgan fingerprint density at radius 2 is 1.75 bits per heavy atom. The van der Waals surface area contributed by atoms with E-state index in [1.807, 2.05) is 17.8 Å². The molecule has 4 rings (SSSR count). The number of pyridine rings is 1. The van der Waals surface area contributed by atoms with E-state index in [9.17, 15) is 4.39 Å². The Hall–Kier alpha value is -2.44. The van der Waals surface area contributed by atoms with Gasteiger partial charge in [0.25, 0.3) is 0 Å². The van der Waals surface area contributed by atoms with Crippen LogP contribution in [0.1, 0.15) is 11.3 Å². The number of aryl methyl sites for hydroxylation is 2. The smallest absolute Gasteiger partial charge is 0.123 e. The van der Waals surface area contributed by atoms with Crippen LogP contribution < -0.4 is 4.90 Å². The molecule has 28 heavy (non-hydrogen) atoms. The normalized spacial score (nSPS) is 14.8. The van der Waals surface area contributed by atoms with Crippen molar-refractivity contribution in [1.29, 1.82) is 0 Å². The van der Waals surface area contributed by atoms with Crippen LogP contribution in [-0.2, 0) is 13.6 Å². The molecule has 0 spiro atoms. The van der Waals surface area contributed by atoms with Crippen molar-refractivity contribution in [3.8, 4) is 11.3 Å². The molecule has 3 heterocycles. The zero-order chi connectivity index (χ0) is 18.8. The van der Waals surface area contributed by atoms with Gasteiger partial charge in [-0.15, -0.1) is 12.4 Å². The zero-order valence-corrected chi connectivity index (χ0v) is 17.0. The van der Waals surface area contributed by atoms with Crippen LogP contribution in [0.25, 0.3) is 11.3 Å². The lowest BCUT2D eigenvalue weighted by Gasteiger charge is -2.36. The Kier molecular flexibility index (Phi) is 6.31. The molecule has 1 aliphatic heterocycles.